The zero-order chi connectivity index (χ0) is 18.6. The Morgan fingerprint density at radius 2 is 2.04 bits per heavy atom. The third-order valence-corrected chi connectivity index (χ3v) is 4.38. The maximum absolute atomic E-state index is 12.9. The Bertz CT molecular complexity index is 751. The lowest BCUT2D eigenvalue weighted by molar-refractivity contribution is -0.143. The normalized spacial score (nSPS) is 14.7. The van der Waals surface area contributed by atoms with Crippen LogP contribution < -0.4 is 10.6 Å². The van der Waals surface area contributed by atoms with Crippen molar-refractivity contribution in [1.82, 2.24) is 9.58 Å². The van der Waals surface area contributed by atoms with Gasteiger partial charge in [-0.25, -0.2) is 5.01 Å². The largest absolute Gasteiger partial charge is 0.466 e. The monoisotopic (exact) mass is 347 g/mol. The Morgan fingerprint density at radius 1 is 1.32 bits per heavy atom. The van der Waals surface area contributed by atoms with E-state index in [9.17, 15) is 14.4 Å². The lowest BCUT2D eigenvalue weighted by atomic mass is 9.99. The maximum Gasteiger partial charge on any atom is 0.310 e. The van der Waals surface area contributed by atoms with Crippen molar-refractivity contribution in [3.05, 3.63) is 39.8 Å². The lowest BCUT2D eigenvalue weighted by Gasteiger charge is -2.37. The molecule has 1 aliphatic rings. The van der Waals surface area contributed by atoms with Crippen LogP contribution in [-0.2, 0) is 20.9 Å². The molecule has 0 saturated heterocycles. The molecule has 0 spiro atoms. The van der Waals surface area contributed by atoms with E-state index in [2.05, 4.69) is 0 Å². The smallest absolute Gasteiger partial charge is 0.310 e. The number of pyridine rings is 1. The summed E-state index contributed by atoms with van der Waals surface area (Å²) in [6, 6.07) is 3.48. The quantitative estimate of drug-likeness (QED) is 0.733. The van der Waals surface area contributed by atoms with Crippen molar-refractivity contribution in [2.24, 2.45) is 0 Å². The third-order valence-electron chi connectivity index (χ3n) is 4.38. The molecule has 1 amide bonds. The first-order valence-corrected chi connectivity index (χ1v) is 8.49. The van der Waals surface area contributed by atoms with Gasteiger partial charge in [0, 0.05) is 31.9 Å². The van der Waals surface area contributed by atoms with Crippen LogP contribution in [0.15, 0.2) is 34.3 Å². The molecule has 0 bridgehead atoms. The van der Waals surface area contributed by atoms with Crippen LogP contribution in [0.1, 0.15) is 33.6 Å². The molecule has 0 atom stereocenters. The van der Waals surface area contributed by atoms with E-state index in [1.165, 1.54) is 5.01 Å². The zero-order valence-corrected chi connectivity index (χ0v) is 15.2. The molecule has 7 heteroatoms. The summed E-state index contributed by atoms with van der Waals surface area (Å²) < 4.78 is 6.54. The van der Waals surface area contributed by atoms with Crippen LogP contribution in [0.4, 0.5) is 5.69 Å². The van der Waals surface area contributed by atoms with Gasteiger partial charge in [-0.3, -0.25) is 19.4 Å². The van der Waals surface area contributed by atoms with E-state index >= 15 is 0 Å². The highest BCUT2D eigenvalue weighted by molar-refractivity contribution is 5.99. The minimum Gasteiger partial charge on any atom is -0.466 e. The van der Waals surface area contributed by atoms with Crippen molar-refractivity contribution in [1.29, 1.82) is 0 Å². The van der Waals surface area contributed by atoms with Gasteiger partial charge in [-0.2, -0.15) is 0 Å². The Hall–Kier alpha value is -2.57. The number of rotatable bonds is 6. The third kappa shape index (κ3) is 3.92. The fourth-order valence-electron chi connectivity index (χ4n) is 2.88. The molecular weight excluding hydrogens is 322 g/mol. The fourth-order valence-corrected chi connectivity index (χ4v) is 2.88. The molecule has 25 heavy (non-hydrogen) atoms. The predicted octanol–water partition coefficient (Wildman–Crippen LogP) is 1.72. The summed E-state index contributed by atoms with van der Waals surface area (Å²) >= 11 is 0. The molecular formula is C18H25N3O4. The summed E-state index contributed by atoms with van der Waals surface area (Å²) in [7, 11) is 1.69. The van der Waals surface area contributed by atoms with E-state index in [1.807, 2.05) is 13.8 Å². The minimum absolute atomic E-state index is 0.0448. The number of nitrogens with zero attached hydrogens (tertiary/aromatic N) is 3. The Morgan fingerprint density at radius 3 is 2.68 bits per heavy atom. The molecule has 0 aliphatic carbocycles. The van der Waals surface area contributed by atoms with Crippen molar-refractivity contribution >= 4 is 17.6 Å². The molecule has 2 rings (SSSR count). The number of anilines is 1. The standard InChI is InChI=1S/C18H25N3O4/c1-5-20-10-7-8-15(18(20)24)19(4)21-11-9-13(3)14(17(21)23)12-16(22)25-6-2/h7-8,10H,5-6,9,11-12H2,1-4H3. The number of aryl methyl sites for hydroxylation is 1. The number of hydrogen-bond donors (Lipinski definition) is 0. The van der Waals surface area contributed by atoms with Crippen LogP contribution in [0.5, 0.6) is 0 Å². The second kappa shape index (κ2) is 8.00. The van der Waals surface area contributed by atoms with Gasteiger partial charge in [0.2, 0.25) is 0 Å². The van der Waals surface area contributed by atoms with Crippen molar-refractivity contribution < 1.29 is 14.3 Å². The molecule has 0 unspecified atom stereocenters. The van der Waals surface area contributed by atoms with E-state index in [1.54, 1.807) is 41.9 Å². The SMILES string of the molecule is CCOC(=O)CC1=C(C)CCN(N(C)c2cccn(CC)c2=O)C1=O. The molecule has 136 valence electrons. The van der Waals surface area contributed by atoms with Gasteiger partial charge in [0.25, 0.3) is 11.5 Å². The van der Waals surface area contributed by atoms with Crippen molar-refractivity contribution in [3.8, 4) is 0 Å². The van der Waals surface area contributed by atoms with Gasteiger partial charge >= 0.3 is 5.97 Å². The van der Waals surface area contributed by atoms with Gasteiger partial charge in [0.05, 0.1) is 13.0 Å². The highest BCUT2D eigenvalue weighted by atomic mass is 16.5. The first-order chi connectivity index (χ1) is 11.9. The second-order valence-electron chi connectivity index (χ2n) is 5.93. The Balaban J connectivity index is 2.28. The average molecular weight is 347 g/mol. The van der Waals surface area contributed by atoms with Gasteiger partial charge in [-0.15, -0.1) is 0 Å². The zero-order valence-electron chi connectivity index (χ0n) is 15.2. The molecule has 7 nitrogen and oxygen atoms in total. The summed E-state index contributed by atoms with van der Waals surface area (Å²) in [5.41, 5.74) is 1.61. The van der Waals surface area contributed by atoms with Crippen LogP contribution >= 0.6 is 0 Å². The van der Waals surface area contributed by atoms with Gasteiger partial charge in [-0.1, -0.05) is 5.57 Å². The number of hydrazine groups is 1. The molecule has 2 heterocycles. The second-order valence-corrected chi connectivity index (χ2v) is 5.93. The van der Waals surface area contributed by atoms with Crippen LogP contribution in [-0.4, -0.2) is 41.7 Å². The van der Waals surface area contributed by atoms with Gasteiger partial charge in [0.1, 0.15) is 5.69 Å². The fraction of sp³-hybridized carbons (Fsp3) is 0.500. The van der Waals surface area contributed by atoms with Crippen LogP contribution in [0.2, 0.25) is 0 Å². The van der Waals surface area contributed by atoms with Crippen molar-refractivity contribution in [3.63, 3.8) is 0 Å². The maximum atomic E-state index is 12.9. The molecule has 0 radical (unpaired) electrons. The predicted molar refractivity (Wildman–Crippen MR) is 95.1 cm³/mol. The minimum atomic E-state index is -0.414. The van der Waals surface area contributed by atoms with E-state index < -0.39 is 5.97 Å². The Labute approximate surface area is 147 Å². The molecule has 1 aliphatic heterocycles. The lowest BCUT2D eigenvalue weighted by Crippen LogP contribution is -2.50. The molecule has 0 aromatic carbocycles. The van der Waals surface area contributed by atoms with E-state index in [-0.39, 0.29) is 24.5 Å². The molecule has 1 aromatic heterocycles. The summed E-state index contributed by atoms with van der Waals surface area (Å²) in [6.45, 7) is 6.78. The number of esters is 1. The van der Waals surface area contributed by atoms with Crippen molar-refractivity contribution in [2.75, 3.05) is 25.2 Å². The molecule has 0 saturated carbocycles. The first kappa shape index (κ1) is 18.8. The van der Waals surface area contributed by atoms with E-state index in [4.69, 9.17) is 4.74 Å². The number of carbonyl (C=O) groups is 2. The molecule has 0 N–H and O–H groups in total. The summed E-state index contributed by atoms with van der Waals surface area (Å²) in [6.07, 6.45) is 2.32. The van der Waals surface area contributed by atoms with Gasteiger partial charge in [-0.05, 0) is 39.3 Å². The number of hydrogen-bond acceptors (Lipinski definition) is 5. The van der Waals surface area contributed by atoms with Crippen LogP contribution in [0.3, 0.4) is 0 Å². The number of ether oxygens (including phenoxy) is 1. The number of amides is 1. The number of carbonyl (C=O) groups excluding carboxylic acids is 2. The Kier molecular flexibility index (Phi) is 6.01. The van der Waals surface area contributed by atoms with Crippen LogP contribution in [0, 0.1) is 0 Å². The highest BCUT2D eigenvalue weighted by Gasteiger charge is 2.30. The van der Waals surface area contributed by atoms with Crippen molar-refractivity contribution in [2.45, 2.75) is 40.2 Å². The summed E-state index contributed by atoms with van der Waals surface area (Å²) in [5, 5.41) is 3.09. The average Bonchev–Trinajstić information content (AvgIpc) is 2.58. The first-order valence-electron chi connectivity index (χ1n) is 8.49. The molecule has 1 aromatic rings. The van der Waals surface area contributed by atoms with Gasteiger partial charge < -0.3 is 9.30 Å². The van der Waals surface area contributed by atoms with Gasteiger partial charge in [0.15, 0.2) is 0 Å². The van der Waals surface area contributed by atoms with E-state index in [0.29, 0.717) is 30.8 Å². The number of aromatic nitrogens is 1. The summed E-state index contributed by atoms with van der Waals surface area (Å²) in [4.78, 5) is 37.2. The topological polar surface area (TPSA) is 71.8 Å². The molecule has 0 fully saturated rings. The van der Waals surface area contributed by atoms with Crippen LogP contribution in [0.25, 0.3) is 0 Å². The van der Waals surface area contributed by atoms with E-state index in [0.717, 1.165) is 5.57 Å². The highest BCUT2D eigenvalue weighted by Crippen LogP contribution is 2.24. The summed E-state index contributed by atoms with van der Waals surface area (Å²) in [5.74, 6) is -0.673.